The zero-order valence-corrected chi connectivity index (χ0v) is 17.9. The van der Waals surface area contributed by atoms with E-state index in [1.165, 1.54) is 25.7 Å². The quantitative estimate of drug-likeness (QED) is 0.615. The van der Waals surface area contributed by atoms with E-state index >= 15 is 0 Å². The number of carboxylic acid groups (broad SMARTS) is 1. The fraction of sp³-hybridized carbons (Fsp3) is 0.958. The first kappa shape index (κ1) is 20.7. The van der Waals surface area contributed by atoms with Crippen molar-refractivity contribution in [2.45, 2.75) is 97.2 Å². The number of hydrogen-bond donors (Lipinski definition) is 3. The third-order valence-electron chi connectivity index (χ3n) is 10.2. The summed E-state index contributed by atoms with van der Waals surface area (Å²) >= 11 is 0. The van der Waals surface area contributed by atoms with Gasteiger partial charge in [-0.25, -0.2) is 0 Å². The number of hydrogen-bond acceptors (Lipinski definition) is 3. The Labute approximate surface area is 170 Å². The van der Waals surface area contributed by atoms with Crippen molar-refractivity contribution < 1.29 is 20.1 Å². The van der Waals surface area contributed by atoms with Gasteiger partial charge >= 0.3 is 5.97 Å². The summed E-state index contributed by atoms with van der Waals surface area (Å²) in [5.74, 6) is 2.36. The van der Waals surface area contributed by atoms with Crippen LogP contribution in [0.1, 0.15) is 85.0 Å². The minimum Gasteiger partial charge on any atom is -0.481 e. The van der Waals surface area contributed by atoms with Gasteiger partial charge in [0.15, 0.2) is 0 Å². The topological polar surface area (TPSA) is 77.8 Å². The van der Waals surface area contributed by atoms with Crippen LogP contribution in [0.2, 0.25) is 0 Å². The second-order valence-electron chi connectivity index (χ2n) is 11.4. The number of aliphatic carboxylic acids is 1. The Morgan fingerprint density at radius 3 is 2.39 bits per heavy atom. The molecule has 0 aromatic carbocycles. The van der Waals surface area contributed by atoms with Crippen LogP contribution in [0.5, 0.6) is 0 Å². The van der Waals surface area contributed by atoms with Crippen molar-refractivity contribution in [3.05, 3.63) is 0 Å². The molecule has 10 atom stereocenters. The lowest BCUT2D eigenvalue weighted by molar-refractivity contribution is -0.174. The van der Waals surface area contributed by atoms with E-state index in [-0.39, 0.29) is 29.5 Å². The molecule has 4 fully saturated rings. The number of aliphatic hydroxyl groups is 2. The highest BCUT2D eigenvalue weighted by molar-refractivity contribution is 5.66. The fourth-order valence-electron chi connectivity index (χ4n) is 8.73. The largest absolute Gasteiger partial charge is 0.481 e. The van der Waals surface area contributed by atoms with Crippen molar-refractivity contribution in [1.82, 2.24) is 0 Å². The summed E-state index contributed by atoms with van der Waals surface area (Å²) in [4.78, 5) is 11.1. The van der Waals surface area contributed by atoms with Crippen molar-refractivity contribution in [3.8, 4) is 0 Å². The van der Waals surface area contributed by atoms with Gasteiger partial charge in [0.25, 0.3) is 0 Å². The third kappa shape index (κ3) is 3.14. The zero-order chi connectivity index (χ0) is 20.3. The van der Waals surface area contributed by atoms with E-state index < -0.39 is 5.97 Å². The van der Waals surface area contributed by atoms with E-state index in [1.807, 2.05) is 0 Å². The van der Waals surface area contributed by atoms with Crippen molar-refractivity contribution in [2.24, 2.45) is 46.3 Å². The maximum absolute atomic E-state index is 11.2. The van der Waals surface area contributed by atoms with E-state index in [9.17, 15) is 15.0 Å². The van der Waals surface area contributed by atoms with Gasteiger partial charge < -0.3 is 15.3 Å². The SMILES string of the molecule is C[C@H](CCC(=O)O)[C@H]1CC[C@H]2[C@@H]3[C@H](O)C[C@@H]4[13CH2][13C@H](O)CC[C@]4(C)[C@H]3CC[C@]12C. The van der Waals surface area contributed by atoms with E-state index in [0.717, 1.165) is 32.1 Å². The smallest absolute Gasteiger partial charge is 0.303 e. The second kappa shape index (κ2) is 7.27. The molecular formula is C24H40O4. The standard InChI is InChI=1S/C24H40O4/c1-14(4-7-21(27)28)17-5-6-18-22-19(9-11-24(17,18)3)23(2)10-8-16(25)12-15(23)13-20(22)26/h14-20,22,25-26H,4-13H2,1-3H3,(H,27,28)/t14-,15+,16-,17-,18+,19+,20-,22+,23+,24-/m1/s1/i12+1,16+1. The maximum atomic E-state index is 11.2. The van der Waals surface area contributed by atoms with Crippen LogP contribution < -0.4 is 0 Å². The first-order valence-electron chi connectivity index (χ1n) is 11.7. The molecule has 0 aromatic rings. The molecule has 4 aliphatic rings. The van der Waals surface area contributed by atoms with E-state index in [1.54, 1.807) is 0 Å². The summed E-state index contributed by atoms with van der Waals surface area (Å²) in [5, 5.41) is 30.5. The Bertz CT molecular complexity index is 605. The van der Waals surface area contributed by atoms with Crippen LogP contribution in [0, 0.1) is 46.3 Å². The van der Waals surface area contributed by atoms with Crippen LogP contribution in [-0.4, -0.2) is 33.5 Å². The summed E-state index contributed by atoms with van der Waals surface area (Å²) in [7, 11) is 0. The highest BCUT2D eigenvalue weighted by Gasteiger charge is 2.62. The Morgan fingerprint density at radius 1 is 1.00 bits per heavy atom. The molecule has 4 nitrogen and oxygen atoms in total. The van der Waals surface area contributed by atoms with Gasteiger partial charge in [0.1, 0.15) is 0 Å². The first-order valence-corrected chi connectivity index (χ1v) is 11.7. The molecule has 28 heavy (non-hydrogen) atoms. The predicted molar refractivity (Wildman–Crippen MR) is 109 cm³/mol. The first-order chi connectivity index (χ1) is 13.2. The fourth-order valence-corrected chi connectivity index (χ4v) is 8.73. The zero-order valence-electron chi connectivity index (χ0n) is 17.9. The number of fused-ring (bicyclic) bond motifs is 5. The predicted octanol–water partition coefficient (Wildman–Crippen LogP) is 4.48. The van der Waals surface area contributed by atoms with E-state index in [0.29, 0.717) is 35.5 Å². The normalized spacial score (nSPS) is 51.7. The lowest BCUT2D eigenvalue weighted by atomic mass is 9.45. The van der Waals surface area contributed by atoms with Crippen molar-refractivity contribution in [2.75, 3.05) is 0 Å². The van der Waals surface area contributed by atoms with Crippen LogP contribution in [0.3, 0.4) is 0 Å². The van der Waals surface area contributed by atoms with Gasteiger partial charge in [0.05, 0.1) is 12.2 Å². The molecular weight excluding hydrogens is 354 g/mol. The molecule has 0 spiro atoms. The molecule has 0 heterocycles. The molecule has 0 radical (unpaired) electrons. The third-order valence-corrected chi connectivity index (χ3v) is 10.2. The van der Waals surface area contributed by atoms with Crippen LogP contribution >= 0.6 is 0 Å². The molecule has 0 aromatic heterocycles. The Hall–Kier alpha value is -0.610. The van der Waals surface area contributed by atoms with E-state index in [4.69, 9.17) is 5.11 Å². The average molecular weight is 395 g/mol. The van der Waals surface area contributed by atoms with E-state index in [2.05, 4.69) is 20.8 Å². The number of carbonyl (C=O) groups is 1. The molecule has 0 aliphatic heterocycles. The van der Waals surface area contributed by atoms with Gasteiger partial charge in [0.2, 0.25) is 0 Å². The Balaban J connectivity index is 1.55. The van der Waals surface area contributed by atoms with Crippen molar-refractivity contribution >= 4 is 5.97 Å². The second-order valence-corrected chi connectivity index (χ2v) is 11.4. The van der Waals surface area contributed by atoms with Crippen molar-refractivity contribution in [3.63, 3.8) is 0 Å². The van der Waals surface area contributed by atoms with Gasteiger partial charge in [-0.2, -0.15) is 0 Å². The number of carboxylic acids is 1. The lowest BCUT2D eigenvalue weighted by Gasteiger charge is -2.62. The molecule has 0 amide bonds. The minimum atomic E-state index is -0.684. The van der Waals surface area contributed by atoms with Crippen molar-refractivity contribution in [1.29, 1.82) is 0 Å². The summed E-state index contributed by atoms with van der Waals surface area (Å²) in [6.07, 6.45) is 9.19. The molecule has 4 saturated carbocycles. The molecule has 3 N–H and O–H groups in total. The number of aliphatic hydroxyl groups excluding tert-OH is 2. The summed E-state index contributed by atoms with van der Waals surface area (Å²) in [6.45, 7) is 7.16. The molecule has 0 saturated heterocycles. The molecule has 4 aliphatic carbocycles. The van der Waals surface area contributed by atoms with Crippen LogP contribution in [0.25, 0.3) is 0 Å². The Kier molecular flexibility index (Phi) is 5.36. The van der Waals surface area contributed by atoms with Gasteiger partial charge in [-0.05, 0) is 104 Å². The molecule has 4 rings (SSSR count). The van der Waals surface area contributed by atoms with Gasteiger partial charge in [0, 0.05) is 6.42 Å². The average Bonchev–Trinajstić information content (AvgIpc) is 2.98. The molecule has 0 bridgehead atoms. The summed E-state index contributed by atoms with van der Waals surface area (Å²) < 4.78 is 0. The van der Waals surface area contributed by atoms with Crippen LogP contribution in [0.4, 0.5) is 0 Å². The maximum Gasteiger partial charge on any atom is 0.303 e. The highest BCUT2D eigenvalue weighted by Crippen LogP contribution is 2.68. The monoisotopic (exact) mass is 394 g/mol. The lowest BCUT2D eigenvalue weighted by Crippen LogP contribution is -2.58. The van der Waals surface area contributed by atoms with Gasteiger partial charge in [-0.15, -0.1) is 0 Å². The van der Waals surface area contributed by atoms with Gasteiger partial charge in [-0.3, -0.25) is 4.79 Å². The Morgan fingerprint density at radius 2 is 1.68 bits per heavy atom. The highest BCUT2D eigenvalue weighted by atomic mass is 16.4. The van der Waals surface area contributed by atoms with Crippen LogP contribution in [-0.2, 0) is 4.79 Å². The van der Waals surface area contributed by atoms with Gasteiger partial charge in [-0.1, -0.05) is 20.8 Å². The molecule has 0 unspecified atom stereocenters. The molecule has 160 valence electrons. The summed E-state index contributed by atoms with van der Waals surface area (Å²) in [6, 6.07) is 0. The molecule has 4 heteroatoms. The minimum absolute atomic E-state index is 0.179. The van der Waals surface area contributed by atoms with Crippen LogP contribution in [0.15, 0.2) is 0 Å². The number of rotatable bonds is 4. The summed E-state index contributed by atoms with van der Waals surface area (Å²) in [5.41, 5.74) is 0.523.